The van der Waals surface area contributed by atoms with E-state index in [2.05, 4.69) is 15.5 Å². The van der Waals surface area contributed by atoms with E-state index in [-0.39, 0.29) is 5.56 Å². The molecule has 2 unspecified atom stereocenters. The van der Waals surface area contributed by atoms with Gasteiger partial charge in [0.15, 0.2) is 0 Å². The van der Waals surface area contributed by atoms with Crippen LogP contribution in [0.5, 0.6) is 5.75 Å². The largest absolute Gasteiger partial charge is 0.573 e. The van der Waals surface area contributed by atoms with Gasteiger partial charge < -0.3 is 14.4 Å². The van der Waals surface area contributed by atoms with E-state index in [0.29, 0.717) is 18.7 Å². The molecule has 0 aromatic heterocycles. The molecule has 124 valence electrons. The van der Waals surface area contributed by atoms with Gasteiger partial charge >= 0.3 is 12.3 Å². The van der Waals surface area contributed by atoms with Crippen molar-refractivity contribution in [3.8, 4) is 11.8 Å². The van der Waals surface area contributed by atoms with Gasteiger partial charge in [-0.2, -0.15) is 5.26 Å². The highest BCUT2D eigenvalue weighted by Gasteiger charge is 2.38. The highest BCUT2D eigenvalue weighted by Crippen LogP contribution is 2.38. The predicted molar refractivity (Wildman–Crippen MR) is 73.8 cm³/mol. The van der Waals surface area contributed by atoms with Gasteiger partial charge in [0.1, 0.15) is 11.3 Å². The number of nitrogens with zero attached hydrogens (tertiary/aromatic N) is 2. The summed E-state index contributed by atoms with van der Waals surface area (Å²) in [5, 5.41) is 9.25. The van der Waals surface area contributed by atoms with Crippen molar-refractivity contribution < 1.29 is 27.4 Å². The number of benzene rings is 1. The maximum Gasteiger partial charge on any atom is 0.573 e. The Morgan fingerprint density at radius 2 is 2.09 bits per heavy atom. The third-order valence-corrected chi connectivity index (χ3v) is 3.74. The third kappa shape index (κ3) is 3.74. The summed E-state index contributed by atoms with van der Waals surface area (Å²) in [7, 11) is 2.89. The van der Waals surface area contributed by atoms with Crippen molar-refractivity contribution >= 4 is 5.97 Å². The minimum absolute atomic E-state index is 0.284. The lowest BCUT2D eigenvalue weighted by Gasteiger charge is -2.20. The number of likely N-dealkylation sites (tertiary alicyclic amines) is 1. The van der Waals surface area contributed by atoms with Crippen LogP contribution in [0.25, 0.3) is 0 Å². The van der Waals surface area contributed by atoms with E-state index in [0.717, 1.165) is 13.2 Å². The number of methoxy groups -OCH3 is 1. The molecule has 0 saturated carbocycles. The Balaban J connectivity index is 2.53. The fourth-order valence-electron chi connectivity index (χ4n) is 2.83. The van der Waals surface area contributed by atoms with Crippen molar-refractivity contribution in [2.45, 2.75) is 12.3 Å². The Morgan fingerprint density at radius 1 is 1.39 bits per heavy atom. The first kappa shape index (κ1) is 17.1. The number of esters is 1. The smallest absolute Gasteiger partial charge is 0.465 e. The molecule has 2 rings (SSSR count). The molecule has 0 N–H and O–H groups in total. The van der Waals surface area contributed by atoms with E-state index in [1.54, 1.807) is 7.05 Å². The molecule has 1 saturated heterocycles. The first-order chi connectivity index (χ1) is 10.8. The summed E-state index contributed by atoms with van der Waals surface area (Å²) in [4.78, 5) is 13.9. The molecule has 2 atom stereocenters. The van der Waals surface area contributed by atoms with Gasteiger partial charge in [-0.3, -0.25) is 0 Å². The van der Waals surface area contributed by atoms with Crippen LogP contribution in [0.2, 0.25) is 0 Å². The van der Waals surface area contributed by atoms with Gasteiger partial charge in [-0.05, 0) is 18.7 Å². The first-order valence-electron chi connectivity index (χ1n) is 6.82. The number of ether oxygens (including phenoxy) is 2. The molecular weight excluding hydrogens is 313 g/mol. The van der Waals surface area contributed by atoms with Crippen LogP contribution in [0.1, 0.15) is 21.8 Å². The van der Waals surface area contributed by atoms with E-state index < -0.39 is 29.9 Å². The van der Waals surface area contributed by atoms with Crippen LogP contribution in [0.3, 0.4) is 0 Å². The minimum atomic E-state index is -4.93. The van der Waals surface area contributed by atoms with E-state index in [1.807, 2.05) is 4.90 Å². The van der Waals surface area contributed by atoms with Crippen LogP contribution in [0, 0.1) is 17.2 Å². The quantitative estimate of drug-likeness (QED) is 0.798. The van der Waals surface area contributed by atoms with Gasteiger partial charge in [0.05, 0.1) is 19.1 Å². The molecule has 1 aromatic carbocycles. The Labute approximate surface area is 131 Å². The number of carbonyl (C=O) groups is 1. The molecule has 23 heavy (non-hydrogen) atoms. The summed E-state index contributed by atoms with van der Waals surface area (Å²) in [6.45, 7) is 0.934. The number of nitriles is 1. The molecule has 1 fully saturated rings. The second kappa shape index (κ2) is 6.46. The second-order valence-corrected chi connectivity index (χ2v) is 5.32. The normalized spacial score (nSPS) is 21.7. The topological polar surface area (TPSA) is 62.6 Å². The fourth-order valence-corrected chi connectivity index (χ4v) is 2.83. The van der Waals surface area contributed by atoms with Gasteiger partial charge in [-0.15, -0.1) is 13.2 Å². The maximum absolute atomic E-state index is 12.6. The lowest BCUT2D eigenvalue weighted by Crippen LogP contribution is -2.22. The van der Waals surface area contributed by atoms with Crippen molar-refractivity contribution in [3.05, 3.63) is 29.3 Å². The van der Waals surface area contributed by atoms with E-state index >= 15 is 0 Å². The van der Waals surface area contributed by atoms with Gasteiger partial charge in [0.2, 0.25) is 0 Å². The summed E-state index contributed by atoms with van der Waals surface area (Å²) in [5.41, 5.74) is 0.0439. The standard InChI is InChI=1S/C15H15F3N2O3/c1-20-7-9(6-19)11(8-20)10-4-3-5-12(23-15(16,17)18)13(10)14(21)22-2/h3-5,9,11H,7-8H2,1-2H3. The van der Waals surface area contributed by atoms with Crippen molar-refractivity contribution in [3.63, 3.8) is 0 Å². The van der Waals surface area contributed by atoms with Crippen molar-refractivity contribution in [1.29, 1.82) is 5.26 Å². The summed E-state index contributed by atoms with van der Waals surface area (Å²) in [6.07, 6.45) is -4.93. The molecule has 8 heteroatoms. The zero-order valence-electron chi connectivity index (χ0n) is 12.6. The molecule has 1 aromatic rings. The molecule has 0 aliphatic carbocycles. The molecule has 0 amide bonds. The summed E-state index contributed by atoms with van der Waals surface area (Å²) in [5.74, 6) is -2.36. The van der Waals surface area contributed by atoms with Crippen LogP contribution in [-0.2, 0) is 4.74 Å². The Hall–Kier alpha value is -2.27. The molecule has 5 nitrogen and oxygen atoms in total. The van der Waals surface area contributed by atoms with Crippen molar-refractivity contribution in [2.24, 2.45) is 5.92 Å². The SMILES string of the molecule is COC(=O)c1c(OC(F)(F)F)cccc1C1CN(C)CC1C#N. The first-order valence-corrected chi connectivity index (χ1v) is 6.82. The molecule has 0 bridgehead atoms. The van der Waals surface area contributed by atoms with Crippen molar-refractivity contribution in [2.75, 3.05) is 27.2 Å². The average Bonchev–Trinajstić information content (AvgIpc) is 2.85. The van der Waals surface area contributed by atoms with E-state index in [4.69, 9.17) is 0 Å². The fraction of sp³-hybridized carbons (Fsp3) is 0.467. The minimum Gasteiger partial charge on any atom is -0.465 e. The summed E-state index contributed by atoms with van der Waals surface area (Å²) < 4.78 is 46.3. The lowest BCUT2D eigenvalue weighted by atomic mass is 9.86. The van der Waals surface area contributed by atoms with Gasteiger partial charge in [0, 0.05) is 19.0 Å². The number of halogens is 3. The van der Waals surface area contributed by atoms with E-state index in [9.17, 15) is 23.2 Å². The van der Waals surface area contributed by atoms with Gasteiger partial charge in [0.25, 0.3) is 0 Å². The number of rotatable bonds is 3. The van der Waals surface area contributed by atoms with Gasteiger partial charge in [-0.1, -0.05) is 12.1 Å². The zero-order chi connectivity index (χ0) is 17.2. The number of alkyl halides is 3. The molecule has 1 heterocycles. The third-order valence-electron chi connectivity index (χ3n) is 3.74. The zero-order valence-corrected chi connectivity index (χ0v) is 12.6. The van der Waals surface area contributed by atoms with Crippen LogP contribution in [-0.4, -0.2) is 44.5 Å². The Bertz CT molecular complexity index is 640. The highest BCUT2D eigenvalue weighted by atomic mass is 19.4. The lowest BCUT2D eigenvalue weighted by molar-refractivity contribution is -0.274. The molecule has 1 aliphatic heterocycles. The van der Waals surface area contributed by atoms with Crippen LogP contribution in [0.15, 0.2) is 18.2 Å². The average molecular weight is 328 g/mol. The Kier molecular flexibility index (Phi) is 4.80. The highest BCUT2D eigenvalue weighted by molar-refractivity contribution is 5.94. The van der Waals surface area contributed by atoms with Crippen molar-refractivity contribution in [1.82, 2.24) is 4.90 Å². The maximum atomic E-state index is 12.6. The molecule has 0 spiro atoms. The second-order valence-electron chi connectivity index (χ2n) is 5.32. The van der Waals surface area contributed by atoms with Crippen LogP contribution >= 0.6 is 0 Å². The number of hydrogen-bond acceptors (Lipinski definition) is 5. The summed E-state index contributed by atoms with van der Waals surface area (Å²) >= 11 is 0. The van der Waals surface area contributed by atoms with Crippen LogP contribution in [0.4, 0.5) is 13.2 Å². The van der Waals surface area contributed by atoms with E-state index in [1.165, 1.54) is 12.1 Å². The number of carbonyl (C=O) groups excluding carboxylic acids is 1. The Morgan fingerprint density at radius 3 is 2.65 bits per heavy atom. The molecule has 1 aliphatic rings. The monoisotopic (exact) mass is 328 g/mol. The van der Waals surface area contributed by atoms with Crippen LogP contribution < -0.4 is 4.74 Å². The number of likely N-dealkylation sites (N-methyl/N-ethyl adjacent to an activating group) is 1. The predicted octanol–water partition coefficient (Wildman–Crippen LogP) is 2.54. The van der Waals surface area contributed by atoms with Gasteiger partial charge in [-0.25, -0.2) is 4.79 Å². The number of hydrogen-bond donors (Lipinski definition) is 0. The molecule has 0 radical (unpaired) electrons. The summed E-state index contributed by atoms with van der Waals surface area (Å²) in [6, 6.07) is 6.10. The molecular formula is C15H15F3N2O3.